The Labute approximate surface area is 98.0 Å². The van der Waals surface area contributed by atoms with Crippen LogP contribution < -0.4 is 0 Å². The molecule has 1 heterocycles. The zero-order valence-electron chi connectivity index (χ0n) is 9.70. The highest BCUT2D eigenvalue weighted by atomic mass is 19.4. The number of amides is 1. The molecule has 1 fully saturated rings. The van der Waals surface area contributed by atoms with Gasteiger partial charge in [0, 0.05) is 13.1 Å². The molecule has 0 atom stereocenters. The van der Waals surface area contributed by atoms with E-state index in [9.17, 15) is 23.1 Å². The van der Waals surface area contributed by atoms with Gasteiger partial charge in [0.05, 0.1) is 19.2 Å². The first-order valence-electron chi connectivity index (χ1n) is 5.49. The number of piperidine rings is 1. The number of aliphatic hydroxyl groups excluding tert-OH is 1. The van der Waals surface area contributed by atoms with E-state index in [-0.39, 0.29) is 12.5 Å². The molecule has 0 aromatic rings. The minimum atomic E-state index is -4.28. The topological polar surface area (TPSA) is 43.8 Å². The van der Waals surface area contributed by atoms with Crippen LogP contribution in [-0.2, 0) is 4.79 Å². The van der Waals surface area contributed by atoms with Crippen molar-refractivity contribution in [3.63, 3.8) is 0 Å². The number of likely N-dealkylation sites (tertiary alicyclic amines) is 1. The van der Waals surface area contributed by atoms with Gasteiger partial charge in [-0.3, -0.25) is 9.69 Å². The molecular formula is C10H17F3N2O2. The average Bonchev–Trinajstić information content (AvgIpc) is 2.15. The SMILES string of the molecule is CN(CC(=O)N1CCC(O)CC1)CC(F)(F)F. The number of halogens is 3. The number of likely N-dealkylation sites (N-methyl/N-ethyl adjacent to an activating group) is 1. The van der Waals surface area contributed by atoms with Crippen molar-refractivity contribution in [3.8, 4) is 0 Å². The minimum Gasteiger partial charge on any atom is -0.393 e. The molecule has 17 heavy (non-hydrogen) atoms. The van der Waals surface area contributed by atoms with E-state index in [4.69, 9.17) is 0 Å². The number of aliphatic hydroxyl groups is 1. The second kappa shape index (κ2) is 5.68. The molecule has 1 rings (SSSR count). The predicted octanol–water partition coefficient (Wildman–Crippen LogP) is 0.464. The van der Waals surface area contributed by atoms with Gasteiger partial charge in [0.15, 0.2) is 0 Å². The molecule has 1 aliphatic heterocycles. The summed E-state index contributed by atoms with van der Waals surface area (Å²) in [7, 11) is 1.27. The average molecular weight is 254 g/mol. The van der Waals surface area contributed by atoms with Crippen LogP contribution in [0.5, 0.6) is 0 Å². The fraction of sp³-hybridized carbons (Fsp3) is 0.900. The van der Waals surface area contributed by atoms with Crippen molar-refractivity contribution in [2.45, 2.75) is 25.1 Å². The fourth-order valence-electron chi connectivity index (χ4n) is 1.81. The molecular weight excluding hydrogens is 237 g/mol. The molecule has 0 saturated carbocycles. The molecule has 0 aliphatic carbocycles. The molecule has 4 nitrogen and oxygen atoms in total. The highest BCUT2D eigenvalue weighted by molar-refractivity contribution is 5.78. The fourth-order valence-corrected chi connectivity index (χ4v) is 1.81. The van der Waals surface area contributed by atoms with E-state index in [1.807, 2.05) is 0 Å². The smallest absolute Gasteiger partial charge is 0.393 e. The summed E-state index contributed by atoms with van der Waals surface area (Å²) in [5.74, 6) is -0.316. The first-order valence-corrected chi connectivity index (χ1v) is 5.49. The molecule has 0 aromatic heterocycles. The van der Waals surface area contributed by atoms with Crippen LogP contribution in [0.3, 0.4) is 0 Å². The zero-order valence-corrected chi connectivity index (χ0v) is 9.70. The molecule has 0 aromatic carbocycles. The van der Waals surface area contributed by atoms with Gasteiger partial charge >= 0.3 is 6.18 Å². The third kappa shape index (κ3) is 5.36. The molecule has 100 valence electrons. The highest BCUT2D eigenvalue weighted by Crippen LogP contribution is 2.16. The summed E-state index contributed by atoms with van der Waals surface area (Å²) >= 11 is 0. The van der Waals surface area contributed by atoms with Crippen LogP contribution in [0.4, 0.5) is 13.2 Å². The highest BCUT2D eigenvalue weighted by Gasteiger charge is 2.30. The number of rotatable bonds is 3. The van der Waals surface area contributed by atoms with E-state index in [1.54, 1.807) is 0 Å². The van der Waals surface area contributed by atoms with Crippen LogP contribution in [0.1, 0.15) is 12.8 Å². The summed E-state index contributed by atoms with van der Waals surface area (Å²) in [5, 5.41) is 9.25. The third-order valence-corrected chi connectivity index (χ3v) is 2.67. The Morgan fingerprint density at radius 2 is 1.94 bits per heavy atom. The largest absolute Gasteiger partial charge is 0.401 e. The van der Waals surface area contributed by atoms with E-state index in [1.165, 1.54) is 11.9 Å². The molecule has 0 spiro atoms. The van der Waals surface area contributed by atoms with Crippen molar-refractivity contribution in [2.24, 2.45) is 0 Å². The number of hydrogen-bond donors (Lipinski definition) is 1. The normalized spacial score (nSPS) is 18.8. The lowest BCUT2D eigenvalue weighted by molar-refractivity contribution is -0.149. The predicted molar refractivity (Wildman–Crippen MR) is 55.4 cm³/mol. The number of nitrogens with zero attached hydrogens (tertiary/aromatic N) is 2. The van der Waals surface area contributed by atoms with Gasteiger partial charge in [0.25, 0.3) is 0 Å². The Hall–Kier alpha value is -0.820. The van der Waals surface area contributed by atoms with E-state index in [0.717, 1.165) is 4.90 Å². The maximum atomic E-state index is 12.1. The van der Waals surface area contributed by atoms with Gasteiger partial charge in [-0.05, 0) is 19.9 Å². The standard InChI is InChI=1S/C10H17F3N2O2/c1-14(7-10(11,12)13)6-9(17)15-4-2-8(16)3-5-15/h8,16H,2-7H2,1H3. The molecule has 0 radical (unpaired) electrons. The maximum Gasteiger partial charge on any atom is 0.401 e. The quantitative estimate of drug-likeness (QED) is 0.796. The van der Waals surface area contributed by atoms with Crippen molar-refractivity contribution in [1.82, 2.24) is 9.80 Å². The lowest BCUT2D eigenvalue weighted by atomic mass is 10.1. The summed E-state index contributed by atoms with van der Waals surface area (Å²) in [6, 6.07) is 0. The van der Waals surface area contributed by atoms with Crippen molar-refractivity contribution in [2.75, 3.05) is 33.2 Å². The van der Waals surface area contributed by atoms with Gasteiger partial charge < -0.3 is 10.0 Å². The maximum absolute atomic E-state index is 12.1. The summed E-state index contributed by atoms with van der Waals surface area (Å²) < 4.78 is 36.2. The first kappa shape index (κ1) is 14.2. The lowest BCUT2D eigenvalue weighted by Gasteiger charge is -2.31. The minimum absolute atomic E-state index is 0.240. The van der Waals surface area contributed by atoms with E-state index in [2.05, 4.69) is 0 Å². The van der Waals surface area contributed by atoms with Gasteiger partial charge in [-0.1, -0.05) is 0 Å². The van der Waals surface area contributed by atoms with Crippen LogP contribution in [0, 0.1) is 0 Å². The first-order chi connectivity index (χ1) is 7.78. The van der Waals surface area contributed by atoms with Crippen molar-refractivity contribution in [3.05, 3.63) is 0 Å². The van der Waals surface area contributed by atoms with Crippen LogP contribution in [0.15, 0.2) is 0 Å². The zero-order chi connectivity index (χ0) is 13.1. The van der Waals surface area contributed by atoms with Crippen LogP contribution in [0.2, 0.25) is 0 Å². The van der Waals surface area contributed by atoms with Gasteiger partial charge in [0.2, 0.25) is 5.91 Å². The molecule has 0 unspecified atom stereocenters. The monoisotopic (exact) mass is 254 g/mol. The van der Waals surface area contributed by atoms with E-state index in [0.29, 0.717) is 25.9 Å². The van der Waals surface area contributed by atoms with Crippen LogP contribution >= 0.6 is 0 Å². The van der Waals surface area contributed by atoms with Gasteiger partial charge in [-0.25, -0.2) is 0 Å². The second-order valence-corrected chi connectivity index (χ2v) is 4.40. The Kier molecular flexibility index (Phi) is 4.76. The second-order valence-electron chi connectivity index (χ2n) is 4.40. The van der Waals surface area contributed by atoms with Crippen LogP contribution in [0.25, 0.3) is 0 Å². The van der Waals surface area contributed by atoms with Crippen molar-refractivity contribution in [1.29, 1.82) is 0 Å². The van der Waals surface area contributed by atoms with Gasteiger partial charge in [0.1, 0.15) is 0 Å². The molecule has 1 aliphatic rings. The molecule has 1 N–H and O–H groups in total. The Morgan fingerprint density at radius 3 is 2.41 bits per heavy atom. The molecule has 1 amide bonds. The van der Waals surface area contributed by atoms with Gasteiger partial charge in [-0.2, -0.15) is 13.2 Å². The molecule has 7 heteroatoms. The third-order valence-electron chi connectivity index (χ3n) is 2.67. The summed E-state index contributed by atoms with van der Waals surface area (Å²) in [5.41, 5.74) is 0. The summed E-state index contributed by atoms with van der Waals surface area (Å²) in [4.78, 5) is 14.1. The lowest BCUT2D eigenvalue weighted by Crippen LogP contribution is -2.45. The van der Waals surface area contributed by atoms with Crippen LogP contribution in [-0.4, -0.2) is 66.3 Å². The van der Waals surface area contributed by atoms with Crippen molar-refractivity contribution < 1.29 is 23.1 Å². The summed E-state index contributed by atoms with van der Waals surface area (Å²) in [6.07, 6.45) is -3.69. The molecule has 1 saturated heterocycles. The van der Waals surface area contributed by atoms with Gasteiger partial charge in [-0.15, -0.1) is 0 Å². The number of hydrogen-bond acceptors (Lipinski definition) is 3. The van der Waals surface area contributed by atoms with E-state index >= 15 is 0 Å². The number of alkyl halides is 3. The Morgan fingerprint density at radius 1 is 1.41 bits per heavy atom. The Bertz CT molecular complexity index is 263. The Balaban J connectivity index is 2.33. The van der Waals surface area contributed by atoms with E-state index < -0.39 is 18.8 Å². The number of carbonyl (C=O) groups excluding carboxylic acids is 1. The van der Waals surface area contributed by atoms with Crippen molar-refractivity contribution >= 4 is 5.91 Å². The summed E-state index contributed by atoms with van der Waals surface area (Å²) in [6.45, 7) is -0.496. The number of carbonyl (C=O) groups is 1. The molecule has 0 bridgehead atoms.